The molecule has 1 aromatic rings. The second kappa shape index (κ2) is 11.5. The van der Waals surface area contributed by atoms with Gasteiger partial charge in [0.15, 0.2) is 5.96 Å². The number of rotatable bonds is 5. The smallest absolute Gasteiger partial charge is 0.222 e. The van der Waals surface area contributed by atoms with E-state index in [1.807, 2.05) is 24.1 Å². The molecular weight excluding hydrogens is 481 g/mol. The summed E-state index contributed by atoms with van der Waals surface area (Å²) >= 11 is 0. The number of halogens is 1. The number of hydrogen-bond acceptors (Lipinski definition) is 5. The maximum atomic E-state index is 11.9. The van der Waals surface area contributed by atoms with Crippen molar-refractivity contribution in [2.45, 2.75) is 32.4 Å². The summed E-state index contributed by atoms with van der Waals surface area (Å²) in [6.45, 7) is 8.25. The van der Waals surface area contributed by atoms with E-state index >= 15 is 0 Å². The number of aliphatic imine (C=N–C) groups is 1. The van der Waals surface area contributed by atoms with Crippen LogP contribution in [0.4, 0.5) is 5.82 Å². The highest BCUT2D eigenvalue weighted by atomic mass is 127. The summed E-state index contributed by atoms with van der Waals surface area (Å²) in [6.07, 6.45) is 3.38. The molecule has 2 fully saturated rings. The molecule has 8 nitrogen and oxygen atoms in total. The first kappa shape index (κ1) is 23.7. The number of guanidine groups is 1. The maximum Gasteiger partial charge on any atom is 0.222 e. The second-order valence-corrected chi connectivity index (χ2v) is 7.53. The second-order valence-electron chi connectivity index (χ2n) is 7.53. The molecule has 2 N–H and O–H groups in total. The van der Waals surface area contributed by atoms with Crippen molar-refractivity contribution in [3.05, 3.63) is 23.9 Å². The summed E-state index contributed by atoms with van der Waals surface area (Å²) in [5.41, 5.74) is 1.17. The third kappa shape index (κ3) is 6.43. The van der Waals surface area contributed by atoms with Gasteiger partial charge in [0, 0.05) is 77.1 Å². The summed E-state index contributed by atoms with van der Waals surface area (Å²) in [6, 6.07) is 4.35. The van der Waals surface area contributed by atoms with E-state index < -0.39 is 0 Å². The summed E-state index contributed by atoms with van der Waals surface area (Å²) < 4.78 is 0. The van der Waals surface area contributed by atoms with Crippen molar-refractivity contribution in [1.82, 2.24) is 25.4 Å². The molecule has 1 atom stereocenters. The lowest BCUT2D eigenvalue weighted by molar-refractivity contribution is -0.129. The topological polar surface area (TPSA) is 76.1 Å². The number of piperazine rings is 1. The zero-order chi connectivity index (χ0) is 19.9. The van der Waals surface area contributed by atoms with E-state index in [1.54, 1.807) is 7.05 Å². The van der Waals surface area contributed by atoms with E-state index in [2.05, 4.69) is 43.5 Å². The van der Waals surface area contributed by atoms with Gasteiger partial charge >= 0.3 is 0 Å². The summed E-state index contributed by atoms with van der Waals surface area (Å²) in [5.74, 6) is 2.04. The largest absolute Gasteiger partial charge is 0.354 e. The van der Waals surface area contributed by atoms with E-state index in [9.17, 15) is 4.79 Å². The van der Waals surface area contributed by atoms with Gasteiger partial charge in [-0.05, 0) is 19.5 Å². The Morgan fingerprint density at radius 2 is 2.03 bits per heavy atom. The number of likely N-dealkylation sites (tertiary alicyclic amines) is 1. The average molecular weight is 515 g/mol. The maximum absolute atomic E-state index is 11.9. The Bertz CT molecular complexity index is 691. The molecule has 1 amide bonds. The first-order valence-electron chi connectivity index (χ1n) is 10.2. The van der Waals surface area contributed by atoms with Crippen LogP contribution in [0.2, 0.25) is 0 Å². The molecule has 2 saturated heterocycles. The minimum Gasteiger partial charge on any atom is -0.354 e. The van der Waals surface area contributed by atoms with E-state index in [1.165, 1.54) is 5.56 Å². The molecule has 0 saturated carbocycles. The number of likely N-dealkylation sites (N-methyl/N-ethyl adjacent to an activating group) is 1. The van der Waals surface area contributed by atoms with Gasteiger partial charge in [-0.3, -0.25) is 9.79 Å². The predicted molar refractivity (Wildman–Crippen MR) is 128 cm³/mol. The van der Waals surface area contributed by atoms with Crippen LogP contribution in [0.5, 0.6) is 0 Å². The van der Waals surface area contributed by atoms with Crippen molar-refractivity contribution < 1.29 is 4.79 Å². The molecule has 1 unspecified atom stereocenters. The fraction of sp³-hybridized carbons (Fsp3) is 0.650. The van der Waals surface area contributed by atoms with E-state index in [4.69, 9.17) is 0 Å². The van der Waals surface area contributed by atoms with Crippen LogP contribution in [0.1, 0.15) is 25.3 Å². The molecular formula is C20H34IN7O. The van der Waals surface area contributed by atoms with Crippen molar-refractivity contribution in [1.29, 1.82) is 0 Å². The summed E-state index contributed by atoms with van der Waals surface area (Å²) in [5, 5.41) is 6.87. The number of pyridine rings is 1. The zero-order valence-corrected chi connectivity index (χ0v) is 20.1. The Morgan fingerprint density at radius 1 is 1.28 bits per heavy atom. The number of hydrogen-bond donors (Lipinski definition) is 2. The quantitative estimate of drug-likeness (QED) is 0.348. The van der Waals surface area contributed by atoms with Crippen molar-refractivity contribution in [2.24, 2.45) is 4.99 Å². The lowest BCUT2D eigenvalue weighted by Gasteiger charge is -2.34. The van der Waals surface area contributed by atoms with Crippen molar-refractivity contribution in [2.75, 3.05) is 58.3 Å². The molecule has 1 aromatic heterocycles. The minimum absolute atomic E-state index is 0. The summed E-state index contributed by atoms with van der Waals surface area (Å²) in [4.78, 5) is 27.5. The molecule has 0 bridgehead atoms. The molecule has 29 heavy (non-hydrogen) atoms. The number of amides is 1. The molecule has 2 aliphatic heterocycles. The van der Waals surface area contributed by atoms with Crippen molar-refractivity contribution >= 4 is 41.7 Å². The van der Waals surface area contributed by atoms with E-state index in [-0.39, 0.29) is 35.9 Å². The van der Waals surface area contributed by atoms with Gasteiger partial charge in [-0.1, -0.05) is 13.0 Å². The van der Waals surface area contributed by atoms with Crippen molar-refractivity contribution in [3.63, 3.8) is 0 Å². The van der Waals surface area contributed by atoms with Gasteiger partial charge in [-0.15, -0.1) is 24.0 Å². The Labute approximate surface area is 191 Å². The van der Waals surface area contributed by atoms with Crippen LogP contribution in [0.15, 0.2) is 23.3 Å². The normalized spacial score (nSPS) is 20.4. The first-order chi connectivity index (χ1) is 13.6. The minimum atomic E-state index is 0. The molecule has 2 aliphatic rings. The third-order valence-corrected chi connectivity index (χ3v) is 5.52. The lowest BCUT2D eigenvalue weighted by Crippen LogP contribution is -2.46. The van der Waals surface area contributed by atoms with Crippen LogP contribution >= 0.6 is 24.0 Å². The Kier molecular flexibility index (Phi) is 9.41. The predicted octanol–water partition coefficient (Wildman–Crippen LogP) is 1.13. The summed E-state index contributed by atoms with van der Waals surface area (Å²) in [7, 11) is 3.94. The van der Waals surface area contributed by atoms with Crippen LogP contribution in [0.25, 0.3) is 0 Å². The third-order valence-electron chi connectivity index (χ3n) is 5.52. The number of nitrogens with one attached hydrogen (secondary N) is 2. The molecule has 3 rings (SSSR count). The van der Waals surface area contributed by atoms with Gasteiger partial charge in [0.25, 0.3) is 0 Å². The standard InChI is InChI=1S/C20H33N7O.HI/c1-4-18(28)27-9-7-17(15-27)24-20(21-2)23-14-16-6-5-8-22-19(16)26-12-10-25(3)11-13-26;/h5-6,8,17H,4,7,9-15H2,1-3H3,(H2,21,23,24);1H. The SMILES string of the molecule is CCC(=O)N1CCC(NC(=NC)NCc2cccnc2N2CCN(C)CC2)C1.I. The monoisotopic (exact) mass is 515 g/mol. The Balaban J connectivity index is 0.00000300. The average Bonchev–Trinajstić information content (AvgIpc) is 3.20. The van der Waals surface area contributed by atoms with Gasteiger partial charge in [0.2, 0.25) is 5.91 Å². The zero-order valence-electron chi connectivity index (χ0n) is 17.7. The highest BCUT2D eigenvalue weighted by Crippen LogP contribution is 2.18. The number of aromatic nitrogens is 1. The van der Waals surface area contributed by atoms with Gasteiger partial charge in [0.05, 0.1) is 0 Å². The van der Waals surface area contributed by atoms with Crippen molar-refractivity contribution in [3.8, 4) is 0 Å². The fourth-order valence-electron chi connectivity index (χ4n) is 3.77. The first-order valence-corrected chi connectivity index (χ1v) is 10.2. The number of nitrogens with zero attached hydrogens (tertiary/aromatic N) is 5. The molecule has 0 spiro atoms. The number of anilines is 1. The lowest BCUT2D eigenvalue weighted by atomic mass is 10.2. The number of carbonyl (C=O) groups is 1. The Morgan fingerprint density at radius 3 is 2.72 bits per heavy atom. The fourth-order valence-corrected chi connectivity index (χ4v) is 3.77. The van der Waals surface area contributed by atoms with Gasteiger partial charge < -0.3 is 25.3 Å². The highest BCUT2D eigenvalue weighted by molar-refractivity contribution is 14.0. The van der Waals surface area contributed by atoms with Gasteiger partial charge in [-0.2, -0.15) is 0 Å². The van der Waals surface area contributed by atoms with E-state index in [0.29, 0.717) is 13.0 Å². The highest BCUT2D eigenvalue weighted by Gasteiger charge is 2.26. The van der Waals surface area contributed by atoms with Crippen LogP contribution < -0.4 is 15.5 Å². The molecule has 0 aromatic carbocycles. The molecule has 162 valence electrons. The van der Waals surface area contributed by atoms with Crippen LogP contribution in [0, 0.1) is 0 Å². The molecule has 0 aliphatic carbocycles. The van der Waals surface area contributed by atoms with Crippen LogP contribution in [0.3, 0.4) is 0 Å². The number of carbonyl (C=O) groups excluding carboxylic acids is 1. The molecule has 0 radical (unpaired) electrons. The van der Waals surface area contributed by atoms with E-state index in [0.717, 1.165) is 57.5 Å². The van der Waals surface area contributed by atoms with Gasteiger partial charge in [-0.25, -0.2) is 4.98 Å². The molecule has 9 heteroatoms. The van der Waals surface area contributed by atoms with Crippen LogP contribution in [-0.2, 0) is 11.3 Å². The molecule has 3 heterocycles. The van der Waals surface area contributed by atoms with Crippen LogP contribution in [-0.4, -0.2) is 86.1 Å². The van der Waals surface area contributed by atoms with Gasteiger partial charge in [0.1, 0.15) is 5.82 Å². The Hall–Kier alpha value is -1.62.